The molecule has 4 rings (SSSR count). The molecule has 1 fully saturated rings. The van der Waals surface area contributed by atoms with E-state index in [-0.39, 0.29) is 11.9 Å². The predicted molar refractivity (Wildman–Crippen MR) is 98.8 cm³/mol. The van der Waals surface area contributed by atoms with Crippen LogP contribution in [-0.4, -0.2) is 31.0 Å². The highest BCUT2D eigenvalue weighted by Crippen LogP contribution is 2.32. The molecule has 3 aromatic rings. The minimum absolute atomic E-state index is 0.191. The Kier molecular flexibility index (Phi) is 5.11. The maximum absolute atomic E-state index is 13.1. The summed E-state index contributed by atoms with van der Waals surface area (Å²) in [6.07, 6.45) is 9.38. The van der Waals surface area contributed by atoms with Crippen LogP contribution in [-0.2, 0) is 13.1 Å². The largest absolute Gasteiger partial charge is 0.437 e. The smallest absolute Gasteiger partial charge is 0.238 e. The minimum atomic E-state index is -0.297. The number of nitrogens with zero attached hydrogens (tertiary/aromatic N) is 5. The zero-order chi connectivity index (χ0) is 18.6. The molecule has 0 bridgehead atoms. The number of benzene rings is 1. The van der Waals surface area contributed by atoms with Crippen molar-refractivity contribution in [2.45, 2.75) is 38.9 Å². The zero-order valence-corrected chi connectivity index (χ0v) is 15.3. The second kappa shape index (κ2) is 7.84. The van der Waals surface area contributed by atoms with Crippen molar-refractivity contribution in [2.24, 2.45) is 0 Å². The molecule has 1 aromatic carbocycles. The van der Waals surface area contributed by atoms with Crippen LogP contribution in [0.5, 0.6) is 11.6 Å². The third-order valence-corrected chi connectivity index (χ3v) is 4.86. The molecule has 0 radical (unpaired) electrons. The Morgan fingerprint density at radius 1 is 1.22 bits per heavy atom. The number of imidazole rings is 1. The van der Waals surface area contributed by atoms with Crippen LogP contribution in [0.25, 0.3) is 0 Å². The van der Waals surface area contributed by atoms with Crippen LogP contribution >= 0.6 is 0 Å². The van der Waals surface area contributed by atoms with Gasteiger partial charge >= 0.3 is 0 Å². The van der Waals surface area contributed by atoms with Gasteiger partial charge in [-0.2, -0.15) is 0 Å². The van der Waals surface area contributed by atoms with Gasteiger partial charge in [0.2, 0.25) is 5.88 Å². The predicted octanol–water partition coefficient (Wildman–Crippen LogP) is 3.96. The molecule has 0 aliphatic carbocycles. The van der Waals surface area contributed by atoms with E-state index >= 15 is 0 Å². The van der Waals surface area contributed by atoms with Gasteiger partial charge in [0.25, 0.3) is 0 Å². The molecule has 7 heteroatoms. The van der Waals surface area contributed by atoms with Crippen LogP contribution in [0.15, 0.2) is 49.1 Å². The van der Waals surface area contributed by atoms with Gasteiger partial charge < -0.3 is 9.30 Å². The third-order valence-electron chi connectivity index (χ3n) is 4.86. The van der Waals surface area contributed by atoms with Crippen molar-refractivity contribution >= 4 is 0 Å². The number of hydrogen-bond acceptors (Lipinski definition) is 5. The van der Waals surface area contributed by atoms with Crippen LogP contribution in [0.1, 0.15) is 37.3 Å². The SMILES string of the molecule is CCn1ccnc1CN1CCC[C@@H]1c1cncc(Oc2ccc(F)cc2)n1. The molecule has 0 amide bonds. The number of aryl methyl sites for hydroxylation is 1. The Hall–Kier alpha value is -2.80. The fourth-order valence-corrected chi connectivity index (χ4v) is 3.51. The number of aromatic nitrogens is 4. The number of halogens is 1. The average Bonchev–Trinajstić information content (AvgIpc) is 3.33. The Bertz CT molecular complexity index is 895. The monoisotopic (exact) mass is 367 g/mol. The molecule has 0 N–H and O–H groups in total. The Morgan fingerprint density at radius 2 is 2.07 bits per heavy atom. The van der Waals surface area contributed by atoms with E-state index in [0.29, 0.717) is 11.6 Å². The van der Waals surface area contributed by atoms with Crippen molar-refractivity contribution in [3.05, 3.63) is 66.4 Å². The summed E-state index contributed by atoms with van der Waals surface area (Å²) in [6, 6.07) is 6.07. The van der Waals surface area contributed by atoms with E-state index in [1.54, 1.807) is 24.5 Å². The molecule has 2 aromatic heterocycles. The van der Waals surface area contributed by atoms with E-state index in [4.69, 9.17) is 4.74 Å². The van der Waals surface area contributed by atoms with E-state index in [9.17, 15) is 4.39 Å². The number of hydrogen-bond donors (Lipinski definition) is 0. The normalized spacial score (nSPS) is 17.3. The summed E-state index contributed by atoms with van der Waals surface area (Å²) in [7, 11) is 0. The first-order chi connectivity index (χ1) is 13.2. The molecule has 0 saturated carbocycles. The lowest BCUT2D eigenvalue weighted by atomic mass is 10.1. The standard InChI is InChI=1S/C20H22FN5O/c1-2-25-11-9-23-19(25)14-26-10-3-4-18(26)17-12-22-13-20(24-17)27-16-7-5-15(21)6-8-16/h5-9,11-13,18H,2-4,10,14H2,1H3/t18-/m1/s1. The van der Waals surface area contributed by atoms with Gasteiger partial charge in [0, 0.05) is 18.9 Å². The van der Waals surface area contributed by atoms with Gasteiger partial charge in [-0.1, -0.05) is 0 Å². The highest BCUT2D eigenvalue weighted by molar-refractivity contribution is 5.26. The highest BCUT2D eigenvalue weighted by Gasteiger charge is 2.28. The topological polar surface area (TPSA) is 56.1 Å². The highest BCUT2D eigenvalue weighted by atomic mass is 19.1. The summed E-state index contributed by atoms with van der Waals surface area (Å²) in [5, 5.41) is 0. The van der Waals surface area contributed by atoms with Crippen molar-refractivity contribution in [3.8, 4) is 11.6 Å². The van der Waals surface area contributed by atoms with Gasteiger partial charge in [0.1, 0.15) is 17.4 Å². The lowest BCUT2D eigenvalue weighted by Gasteiger charge is -2.24. The third kappa shape index (κ3) is 3.98. The Labute approximate surface area is 157 Å². The van der Waals surface area contributed by atoms with Crippen LogP contribution in [0.2, 0.25) is 0 Å². The van der Waals surface area contributed by atoms with Crippen molar-refractivity contribution in [1.82, 2.24) is 24.4 Å². The molecule has 3 heterocycles. The second-order valence-electron chi connectivity index (χ2n) is 6.60. The first kappa shape index (κ1) is 17.6. The van der Waals surface area contributed by atoms with E-state index < -0.39 is 0 Å². The minimum Gasteiger partial charge on any atom is -0.437 e. The molecule has 6 nitrogen and oxygen atoms in total. The van der Waals surface area contributed by atoms with Crippen molar-refractivity contribution < 1.29 is 9.13 Å². The number of ether oxygens (including phenoxy) is 1. The average molecular weight is 367 g/mol. The maximum Gasteiger partial charge on any atom is 0.238 e. The van der Waals surface area contributed by atoms with Gasteiger partial charge in [-0.3, -0.25) is 9.88 Å². The second-order valence-corrected chi connectivity index (χ2v) is 6.60. The van der Waals surface area contributed by atoms with E-state index in [1.165, 1.54) is 12.1 Å². The lowest BCUT2D eigenvalue weighted by molar-refractivity contribution is 0.233. The van der Waals surface area contributed by atoms with E-state index in [2.05, 4.69) is 31.3 Å². The molecule has 140 valence electrons. The first-order valence-corrected chi connectivity index (χ1v) is 9.22. The van der Waals surface area contributed by atoms with Crippen LogP contribution < -0.4 is 4.74 Å². The fourth-order valence-electron chi connectivity index (χ4n) is 3.51. The van der Waals surface area contributed by atoms with Gasteiger partial charge in [-0.05, 0) is 50.6 Å². The maximum atomic E-state index is 13.1. The summed E-state index contributed by atoms with van der Waals surface area (Å²) in [6.45, 7) is 4.82. The van der Waals surface area contributed by atoms with E-state index in [1.807, 2.05) is 12.4 Å². The molecular formula is C20H22FN5O. The van der Waals surface area contributed by atoms with Gasteiger partial charge in [-0.15, -0.1) is 0 Å². The zero-order valence-electron chi connectivity index (χ0n) is 15.3. The molecule has 1 atom stereocenters. The van der Waals surface area contributed by atoms with Gasteiger partial charge in [-0.25, -0.2) is 14.4 Å². The summed E-state index contributed by atoms with van der Waals surface area (Å²) in [4.78, 5) is 15.8. The Balaban J connectivity index is 1.51. The van der Waals surface area contributed by atoms with Gasteiger partial charge in [0.15, 0.2) is 0 Å². The fraction of sp³-hybridized carbons (Fsp3) is 0.350. The van der Waals surface area contributed by atoms with Crippen molar-refractivity contribution in [1.29, 1.82) is 0 Å². The first-order valence-electron chi connectivity index (χ1n) is 9.22. The number of rotatable bonds is 6. The van der Waals surface area contributed by atoms with Crippen LogP contribution in [0.3, 0.4) is 0 Å². The molecule has 1 aliphatic heterocycles. The molecule has 1 aliphatic rings. The van der Waals surface area contributed by atoms with Crippen molar-refractivity contribution in [2.75, 3.05) is 6.54 Å². The number of likely N-dealkylation sites (tertiary alicyclic amines) is 1. The summed E-state index contributed by atoms with van der Waals surface area (Å²) in [5.41, 5.74) is 0.890. The van der Waals surface area contributed by atoms with E-state index in [0.717, 1.165) is 44.0 Å². The molecule has 27 heavy (non-hydrogen) atoms. The Morgan fingerprint density at radius 3 is 2.89 bits per heavy atom. The quantitative estimate of drug-likeness (QED) is 0.660. The molecule has 0 spiro atoms. The van der Waals surface area contributed by atoms with Crippen LogP contribution in [0, 0.1) is 5.82 Å². The molecule has 1 saturated heterocycles. The van der Waals surface area contributed by atoms with Gasteiger partial charge in [0.05, 0.1) is 30.7 Å². The summed E-state index contributed by atoms with van der Waals surface area (Å²) in [5.74, 6) is 1.72. The summed E-state index contributed by atoms with van der Waals surface area (Å²) < 4.78 is 20.9. The molecular weight excluding hydrogens is 345 g/mol. The summed E-state index contributed by atoms with van der Waals surface area (Å²) >= 11 is 0. The van der Waals surface area contributed by atoms with Crippen LogP contribution in [0.4, 0.5) is 4.39 Å². The van der Waals surface area contributed by atoms with Crippen molar-refractivity contribution in [3.63, 3.8) is 0 Å². The molecule has 0 unspecified atom stereocenters. The lowest BCUT2D eigenvalue weighted by Crippen LogP contribution is -2.25.